The molecule has 0 aromatic heterocycles. The molecule has 9 heteroatoms. The Balaban J connectivity index is 2.56. The first-order chi connectivity index (χ1) is 11.6. The molecule has 1 aromatic carbocycles. The summed E-state index contributed by atoms with van der Waals surface area (Å²) in [5, 5.41) is 11.4. The number of carbonyl (C=O) groups excluding carboxylic acids is 1. The Hall–Kier alpha value is -2.00. The number of sulfonamides is 1. The Kier molecular flexibility index (Phi) is 7.50. The average Bonchev–Trinajstić information content (AvgIpc) is 2.52. The molecule has 1 aromatic rings. The number of benzene rings is 1. The minimum absolute atomic E-state index is 0.000220. The molecule has 0 aliphatic carbocycles. The second-order valence-electron chi connectivity index (χ2n) is 6.01. The van der Waals surface area contributed by atoms with Crippen molar-refractivity contribution in [3.63, 3.8) is 0 Å². The lowest BCUT2D eigenvalue weighted by Crippen LogP contribution is -2.44. The van der Waals surface area contributed by atoms with Crippen LogP contribution in [0.3, 0.4) is 0 Å². The molecule has 25 heavy (non-hydrogen) atoms. The molecule has 0 aliphatic rings. The quantitative estimate of drug-likeness (QED) is 0.681. The van der Waals surface area contributed by atoms with E-state index in [0.717, 1.165) is 16.4 Å². The van der Waals surface area contributed by atoms with Gasteiger partial charge in [0.15, 0.2) is 0 Å². The fourth-order valence-electron chi connectivity index (χ4n) is 2.13. The van der Waals surface area contributed by atoms with Crippen LogP contribution in [0, 0.1) is 11.7 Å². The summed E-state index contributed by atoms with van der Waals surface area (Å²) in [5.41, 5.74) is 0. The van der Waals surface area contributed by atoms with Gasteiger partial charge < -0.3 is 10.4 Å². The highest BCUT2D eigenvalue weighted by molar-refractivity contribution is 7.89. The van der Waals surface area contributed by atoms with Crippen LogP contribution in [-0.2, 0) is 19.6 Å². The maximum Gasteiger partial charge on any atom is 0.326 e. The highest BCUT2D eigenvalue weighted by Crippen LogP contribution is 2.15. The molecule has 0 heterocycles. The number of carboxylic acid groups (broad SMARTS) is 1. The van der Waals surface area contributed by atoms with Gasteiger partial charge in [0.2, 0.25) is 15.9 Å². The molecule has 0 bridgehead atoms. The van der Waals surface area contributed by atoms with E-state index in [9.17, 15) is 22.4 Å². The lowest BCUT2D eigenvalue weighted by molar-refractivity contribution is -0.143. The van der Waals surface area contributed by atoms with Crippen molar-refractivity contribution in [2.45, 2.75) is 37.6 Å². The summed E-state index contributed by atoms with van der Waals surface area (Å²) in [5.74, 6) is -2.35. The summed E-state index contributed by atoms with van der Waals surface area (Å²) < 4.78 is 38.6. The smallest absolute Gasteiger partial charge is 0.326 e. The molecule has 140 valence electrons. The average molecular weight is 374 g/mol. The van der Waals surface area contributed by atoms with Gasteiger partial charge in [-0.15, -0.1) is 0 Å². The Labute approximate surface area is 146 Å². The van der Waals surface area contributed by atoms with E-state index in [2.05, 4.69) is 5.32 Å². The number of carbonyl (C=O) groups is 2. The number of aliphatic carboxylic acids is 1. The monoisotopic (exact) mass is 374 g/mol. The van der Waals surface area contributed by atoms with Crippen LogP contribution >= 0.6 is 0 Å². The summed E-state index contributed by atoms with van der Waals surface area (Å²) in [7, 11) is -2.40. The molecule has 0 saturated heterocycles. The van der Waals surface area contributed by atoms with Crippen molar-refractivity contribution in [3.05, 3.63) is 30.1 Å². The van der Waals surface area contributed by atoms with Crippen molar-refractivity contribution in [2.24, 2.45) is 5.92 Å². The molecular weight excluding hydrogens is 351 g/mol. The normalized spacial score (nSPS) is 13.0. The van der Waals surface area contributed by atoms with Crippen molar-refractivity contribution in [1.82, 2.24) is 9.62 Å². The molecule has 1 amide bonds. The van der Waals surface area contributed by atoms with Gasteiger partial charge in [-0.05, 0) is 36.6 Å². The number of hydrogen-bond donors (Lipinski definition) is 2. The van der Waals surface area contributed by atoms with Gasteiger partial charge in [-0.2, -0.15) is 0 Å². The van der Waals surface area contributed by atoms with Crippen LogP contribution < -0.4 is 5.32 Å². The number of halogens is 1. The minimum Gasteiger partial charge on any atom is -0.480 e. The summed E-state index contributed by atoms with van der Waals surface area (Å²) >= 11 is 0. The summed E-state index contributed by atoms with van der Waals surface area (Å²) in [6.07, 6.45) is 0.229. The van der Waals surface area contributed by atoms with Gasteiger partial charge in [-0.3, -0.25) is 4.79 Å². The fraction of sp³-hybridized carbons (Fsp3) is 0.500. The molecule has 0 fully saturated rings. The first-order valence-corrected chi connectivity index (χ1v) is 9.23. The number of amides is 1. The highest BCUT2D eigenvalue weighted by atomic mass is 32.2. The third kappa shape index (κ3) is 6.09. The minimum atomic E-state index is -3.76. The standard InChI is InChI=1S/C16H23FN2O5S/c1-11(2)15(16(21)22)18-14(20)5-4-10-19(3)25(23,24)13-8-6-12(17)7-9-13/h6-9,11,15H,4-5,10H2,1-3H3,(H,18,20)(H,21,22)/t15-/m0/s1. The van der Waals surface area contributed by atoms with E-state index in [1.54, 1.807) is 13.8 Å². The maximum absolute atomic E-state index is 12.9. The van der Waals surface area contributed by atoms with Gasteiger partial charge in [0.1, 0.15) is 11.9 Å². The number of nitrogens with zero attached hydrogens (tertiary/aromatic N) is 1. The molecular formula is C16H23FN2O5S. The summed E-state index contributed by atoms with van der Waals surface area (Å²) in [6.45, 7) is 3.44. The first kappa shape index (κ1) is 21.0. The van der Waals surface area contributed by atoms with Gasteiger partial charge in [0.05, 0.1) is 4.90 Å². The predicted molar refractivity (Wildman–Crippen MR) is 89.9 cm³/mol. The SMILES string of the molecule is CC(C)[C@H](NC(=O)CCCN(C)S(=O)(=O)c1ccc(F)cc1)C(=O)O. The second-order valence-corrected chi connectivity index (χ2v) is 8.06. The van der Waals surface area contributed by atoms with Crippen molar-refractivity contribution in [1.29, 1.82) is 0 Å². The van der Waals surface area contributed by atoms with Crippen molar-refractivity contribution >= 4 is 21.9 Å². The van der Waals surface area contributed by atoms with E-state index in [4.69, 9.17) is 5.11 Å². The predicted octanol–water partition coefficient (Wildman–Crippen LogP) is 1.45. The molecule has 1 rings (SSSR count). The third-order valence-corrected chi connectivity index (χ3v) is 5.52. The number of hydrogen-bond acceptors (Lipinski definition) is 4. The maximum atomic E-state index is 12.9. The number of rotatable bonds is 9. The van der Waals surface area contributed by atoms with E-state index in [1.165, 1.54) is 19.2 Å². The molecule has 0 unspecified atom stereocenters. The van der Waals surface area contributed by atoms with Crippen LogP contribution in [0.5, 0.6) is 0 Å². The molecule has 0 aliphatic heterocycles. The molecule has 0 radical (unpaired) electrons. The van der Waals surface area contributed by atoms with Crippen LogP contribution in [0.1, 0.15) is 26.7 Å². The van der Waals surface area contributed by atoms with Crippen molar-refractivity contribution in [2.75, 3.05) is 13.6 Å². The van der Waals surface area contributed by atoms with E-state index >= 15 is 0 Å². The van der Waals surface area contributed by atoms with Crippen LogP contribution in [0.15, 0.2) is 29.2 Å². The largest absolute Gasteiger partial charge is 0.480 e. The highest BCUT2D eigenvalue weighted by Gasteiger charge is 2.24. The lowest BCUT2D eigenvalue weighted by Gasteiger charge is -2.19. The molecule has 1 atom stereocenters. The summed E-state index contributed by atoms with van der Waals surface area (Å²) in [6, 6.07) is 3.49. The third-order valence-electron chi connectivity index (χ3n) is 3.65. The molecule has 2 N–H and O–H groups in total. The van der Waals surface area contributed by atoms with Crippen molar-refractivity contribution < 1.29 is 27.5 Å². The Morgan fingerprint density at radius 3 is 2.28 bits per heavy atom. The summed E-state index contributed by atoms with van der Waals surface area (Å²) in [4.78, 5) is 22.8. The van der Waals surface area contributed by atoms with E-state index in [-0.39, 0.29) is 30.2 Å². The Morgan fingerprint density at radius 2 is 1.80 bits per heavy atom. The van der Waals surface area contributed by atoms with Crippen LogP contribution in [0.2, 0.25) is 0 Å². The van der Waals surface area contributed by atoms with E-state index in [1.807, 2.05) is 0 Å². The molecule has 0 spiro atoms. The number of carboxylic acids is 1. The van der Waals surface area contributed by atoms with E-state index < -0.39 is 33.8 Å². The van der Waals surface area contributed by atoms with E-state index in [0.29, 0.717) is 0 Å². The molecule has 0 saturated carbocycles. The van der Waals surface area contributed by atoms with Gasteiger partial charge in [-0.1, -0.05) is 13.8 Å². The zero-order valence-electron chi connectivity index (χ0n) is 14.4. The molecule has 7 nitrogen and oxygen atoms in total. The van der Waals surface area contributed by atoms with Gasteiger partial charge in [0.25, 0.3) is 0 Å². The Bertz CT molecular complexity index is 704. The van der Waals surface area contributed by atoms with Gasteiger partial charge >= 0.3 is 5.97 Å². The number of nitrogens with one attached hydrogen (secondary N) is 1. The van der Waals surface area contributed by atoms with Crippen LogP contribution in [0.4, 0.5) is 4.39 Å². The zero-order valence-corrected chi connectivity index (χ0v) is 15.2. The fourth-order valence-corrected chi connectivity index (χ4v) is 3.34. The Morgan fingerprint density at radius 1 is 1.24 bits per heavy atom. The zero-order chi connectivity index (χ0) is 19.2. The van der Waals surface area contributed by atoms with Crippen LogP contribution in [0.25, 0.3) is 0 Å². The topological polar surface area (TPSA) is 104 Å². The van der Waals surface area contributed by atoms with Crippen LogP contribution in [-0.4, -0.2) is 49.3 Å². The van der Waals surface area contributed by atoms with Gasteiger partial charge in [-0.25, -0.2) is 21.9 Å². The van der Waals surface area contributed by atoms with Gasteiger partial charge in [0, 0.05) is 20.0 Å². The first-order valence-electron chi connectivity index (χ1n) is 7.79. The second kappa shape index (κ2) is 8.91. The van der Waals surface area contributed by atoms with Crippen molar-refractivity contribution in [3.8, 4) is 0 Å². The lowest BCUT2D eigenvalue weighted by atomic mass is 10.0.